The monoisotopic (exact) mass is 240 g/mol. The normalized spacial score (nSPS) is 30.2. The Morgan fingerprint density at radius 1 is 1.59 bits per heavy atom. The maximum absolute atomic E-state index is 11.9. The first-order valence-corrected chi connectivity index (χ1v) is 6.19. The molecule has 1 spiro atoms. The van der Waals surface area contributed by atoms with Gasteiger partial charge in [0.25, 0.3) is 0 Å². The number of hydrogen-bond donors (Lipinski definition) is 3. The Labute approximate surface area is 101 Å². The minimum Gasteiger partial charge on any atom is -0.480 e. The Kier molecular flexibility index (Phi) is 2.89. The zero-order valence-corrected chi connectivity index (χ0v) is 10.2. The molecule has 1 aliphatic carbocycles. The smallest absolute Gasteiger partial charge is 0.323 e. The van der Waals surface area contributed by atoms with Crippen molar-refractivity contribution >= 4 is 11.9 Å². The Bertz CT molecular complexity index is 346. The van der Waals surface area contributed by atoms with Crippen molar-refractivity contribution in [3.05, 3.63) is 0 Å². The second-order valence-corrected chi connectivity index (χ2v) is 5.80. The van der Waals surface area contributed by atoms with Crippen LogP contribution in [0.25, 0.3) is 0 Å². The van der Waals surface area contributed by atoms with E-state index in [0.29, 0.717) is 0 Å². The van der Waals surface area contributed by atoms with Crippen molar-refractivity contribution in [3.8, 4) is 0 Å². The molecule has 0 aromatic rings. The second-order valence-electron chi connectivity index (χ2n) is 5.80. The van der Waals surface area contributed by atoms with Gasteiger partial charge in [0.05, 0.1) is 0 Å². The molecule has 5 nitrogen and oxygen atoms in total. The first-order valence-electron chi connectivity index (χ1n) is 6.19. The lowest BCUT2D eigenvalue weighted by Crippen LogP contribution is -2.47. The summed E-state index contributed by atoms with van der Waals surface area (Å²) >= 11 is 0. The van der Waals surface area contributed by atoms with Crippen LogP contribution in [0.3, 0.4) is 0 Å². The number of nitrogens with one attached hydrogen (secondary N) is 1. The molecule has 1 saturated heterocycles. The van der Waals surface area contributed by atoms with Crippen LogP contribution in [0.2, 0.25) is 0 Å². The third-order valence-corrected chi connectivity index (χ3v) is 4.12. The highest BCUT2D eigenvalue weighted by molar-refractivity contribution is 5.84. The molecular weight excluding hydrogens is 220 g/mol. The van der Waals surface area contributed by atoms with Crippen LogP contribution in [-0.4, -0.2) is 28.1 Å². The van der Waals surface area contributed by atoms with Crippen LogP contribution in [0.1, 0.15) is 45.4 Å². The number of carbonyl (C=O) groups is 2. The van der Waals surface area contributed by atoms with E-state index in [-0.39, 0.29) is 23.8 Å². The molecule has 1 saturated carbocycles. The molecule has 4 N–H and O–H groups in total. The standard InChI is InChI=1S/C12H20N2O3/c1-11(13,10(16)17)6-8-7-12(14-9(8)15)4-2-3-5-12/h8H,2-7,13H2,1H3,(H,14,15)(H,16,17). The van der Waals surface area contributed by atoms with Gasteiger partial charge in [0.2, 0.25) is 5.91 Å². The number of carboxylic acids is 1. The highest BCUT2D eigenvalue weighted by Crippen LogP contribution is 2.41. The maximum Gasteiger partial charge on any atom is 0.323 e. The lowest BCUT2D eigenvalue weighted by Gasteiger charge is -2.24. The highest BCUT2D eigenvalue weighted by Gasteiger charge is 2.47. The highest BCUT2D eigenvalue weighted by atomic mass is 16.4. The van der Waals surface area contributed by atoms with Crippen LogP contribution >= 0.6 is 0 Å². The quantitative estimate of drug-likeness (QED) is 0.674. The van der Waals surface area contributed by atoms with E-state index in [1.54, 1.807) is 0 Å². The number of nitrogens with two attached hydrogens (primary N) is 1. The van der Waals surface area contributed by atoms with Crippen LogP contribution in [0, 0.1) is 5.92 Å². The minimum atomic E-state index is -1.31. The van der Waals surface area contributed by atoms with Gasteiger partial charge in [-0.1, -0.05) is 12.8 Å². The Morgan fingerprint density at radius 2 is 2.18 bits per heavy atom. The number of rotatable bonds is 3. The van der Waals surface area contributed by atoms with Gasteiger partial charge in [0.15, 0.2) is 0 Å². The number of amides is 1. The SMILES string of the molecule is CC(N)(CC1CC2(CCCC2)NC1=O)C(=O)O. The van der Waals surface area contributed by atoms with Gasteiger partial charge >= 0.3 is 5.97 Å². The van der Waals surface area contributed by atoms with Gasteiger partial charge in [-0.3, -0.25) is 9.59 Å². The van der Waals surface area contributed by atoms with E-state index in [2.05, 4.69) is 5.32 Å². The molecule has 17 heavy (non-hydrogen) atoms. The molecule has 96 valence electrons. The van der Waals surface area contributed by atoms with Gasteiger partial charge < -0.3 is 16.2 Å². The molecule has 2 aliphatic rings. The van der Waals surface area contributed by atoms with E-state index in [0.717, 1.165) is 32.1 Å². The zero-order chi connectivity index (χ0) is 12.7. The summed E-state index contributed by atoms with van der Waals surface area (Å²) < 4.78 is 0. The van der Waals surface area contributed by atoms with Gasteiger partial charge in [-0.25, -0.2) is 0 Å². The molecule has 2 unspecified atom stereocenters. The molecule has 2 fully saturated rings. The first kappa shape index (κ1) is 12.4. The van der Waals surface area contributed by atoms with E-state index < -0.39 is 11.5 Å². The van der Waals surface area contributed by atoms with Crippen molar-refractivity contribution in [3.63, 3.8) is 0 Å². The van der Waals surface area contributed by atoms with Gasteiger partial charge in [-0.15, -0.1) is 0 Å². The average molecular weight is 240 g/mol. The van der Waals surface area contributed by atoms with Crippen molar-refractivity contribution in [1.29, 1.82) is 0 Å². The van der Waals surface area contributed by atoms with E-state index in [1.165, 1.54) is 6.92 Å². The van der Waals surface area contributed by atoms with Crippen molar-refractivity contribution in [2.24, 2.45) is 11.7 Å². The van der Waals surface area contributed by atoms with E-state index in [9.17, 15) is 9.59 Å². The molecular formula is C12H20N2O3. The van der Waals surface area contributed by atoms with Gasteiger partial charge in [-0.05, 0) is 32.6 Å². The molecule has 1 amide bonds. The molecule has 1 heterocycles. The minimum absolute atomic E-state index is 0.0233. The van der Waals surface area contributed by atoms with Gasteiger partial charge in [-0.2, -0.15) is 0 Å². The van der Waals surface area contributed by atoms with E-state index in [1.807, 2.05) is 0 Å². The summed E-state index contributed by atoms with van der Waals surface area (Å²) in [6.07, 6.45) is 5.28. The summed E-state index contributed by atoms with van der Waals surface area (Å²) in [5.41, 5.74) is 4.34. The fourth-order valence-corrected chi connectivity index (χ4v) is 3.12. The van der Waals surface area contributed by atoms with E-state index in [4.69, 9.17) is 10.8 Å². The van der Waals surface area contributed by atoms with Crippen LogP contribution in [0.15, 0.2) is 0 Å². The molecule has 0 aromatic carbocycles. The Balaban J connectivity index is 2.04. The topological polar surface area (TPSA) is 92.4 Å². The van der Waals surface area contributed by atoms with Crippen molar-refractivity contribution in [2.45, 2.75) is 56.5 Å². The van der Waals surface area contributed by atoms with Crippen LogP contribution in [-0.2, 0) is 9.59 Å². The molecule has 0 radical (unpaired) electrons. The first-order chi connectivity index (χ1) is 7.85. The second kappa shape index (κ2) is 3.98. The van der Waals surface area contributed by atoms with Crippen molar-refractivity contribution in [1.82, 2.24) is 5.32 Å². The molecule has 2 rings (SSSR count). The predicted octanol–water partition coefficient (Wildman–Crippen LogP) is 0.627. The van der Waals surface area contributed by atoms with E-state index >= 15 is 0 Å². The largest absolute Gasteiger partial charge is 0.480 e. The zero-order valence-electron chi connectivity index (χ0n) is 10.2. The predicted molar refractivity (Wildman–Crippen MR) is 62.3 cm³/mol. The number of carbonyl (C=O) groups excluding carboxylic acids is 1. The van der Waals surface area contributed by atoms with Crippen LogP contribution < -0.4 is 11.1 Å². The van der Waals surface area contributed by atoms with Crippen molar-refractivity contribution < 1.29 is 14.7 Å². The molecule has 1 aliphatic heterocycles. The number of carboxylic acid groups (broad SMARTS) is 1. The number of aliphatic carboxylic acids is 1. The average Bonchev–Trinajstić information content (AvgIpc) is 2.75. The summed E-state index contributed by atoms with van der Waals surface area (Å²) in [6.45, 7) is 1.47. The molecule has 5 heteroatoms. The third kappa shape index (κ3) is 2.29. The van der Waals surface area contributed by atoms with Crippen LogP contribution in [0.4, 0.5) is 0 Å². The number of hydrogen-bond acceptors (Lipinski definition) is 3. The summed E-state index contributed by atoms with van der Waals surface area (Å²) in [5.74, 6) is -1.32. The van der Waals surface area contributed by atoms with Gasteiger partial charge in [0, 0.05) is 11.5 Å². The summed E-state index contributed by atoms with van der Waals surface area (Å²) in [7, 11) is 0. The maximum atomic E-state index is 11.9. The lowest BCUT2D eigenvalue weighted by molar-refractivity contribution is -0.143. The third-order valence-electron chi connectivity index (χ3n) is 4.12. The molecule has 2 atom stereocenters. The molecule has 0 bridgehead atoms. The fourth-order valence-electron chi connectivity index (χ4n) is 3.12. The van der Waals surface area contributed by atoms with Crippen molar-refractivity contribution in [2.75, 3.05) is 0 Å². The Morgan fingerprint density at radius 3 is 2.71 bits per heavy atom. The van der Waals surface area contributed by atoms with Crippen LogP contribution in [0.5, 0.6) is 0 Å². The summed E-state index contributed by atoms with van der Waals surface area (Å²) in [6, 6.07) is 0. The van der Waals surface area contributed by atoms with Gasteiger partial charge in [0.1, 0.15) is 5.54 Å². The fraction of sp³-hybridized carbons (Fsp3) is 0.833. The molecule has 0 aromatic heterocycles. The summed E-state index contributed by atoms with van der Waals surface area (Å²) in [4.78, 5) is 22.8. The lowest BCUT2D eigenvalue weighted by atomic mass is 9.84. The Hall–Kier alpha value is -1.10. The summed E-state index contributed by atoms with van der Waals surface area (Å²) in [5, 5.41) is 12.0.